The molecule has 17 heavy (non-hydrogen) atoms. The summed E-state index contributed by atoms with van der Waals surface area (Å²) in [6.45, 7) is 1.64. The molecular weight excluding hydrogens is 217 g/mol. The van der Waals surface area contributed by atoms with Crippen molar-refractivity contribution in [2.24, 2.45) is 0 Å². The smallest absolute Gasteiger partial charge is 0.123 e. The van der Waals surface area contributed by atoms with Gasteiger partial charge in [-0.05, 0) is 43.5 Å². The molecular formula is C14H18FNO. The van der Waals surface area contributed by atoms with Crippen molar-refractivity contribution >= 4 is 6.08 Å². The predicted octanol–water partition coefficient (Wildman–Crippen LogP) is 2.34. The van der Waals surface area contributed by atoms with Crippen molar-refractivity contribution in [1.82, 2.24) is 5.32 Å². The Bertz CT molecular complexity index is 380. The van der Waals surface area contributed by atoms with E-state index < -0.39 is 5.60 Å². The first-order valence-electron chi connectivity index (χ1n) is 6.03. The fraction of sp³-hybridized carbons (Fsp3) is 0.429. The van der Waals surface area contributed by atoms with E-state index in [4.69, 9.17) is 0 Å². The van der Waals surface area contributed by atoms with E-state index >= 15 is 0 Å². The van der Waals surface area contributed by atoms with E-state index in [2.05, 4.69) is 5.32 Å². The van der Waals surface area contributed by atoms with Crippen LogP contribution in [0.5, 0.6) is 0 Å². The van der Waals surface area contributed by atoms with Crippen molar-refractivity contribution in [3.05, 3.63) is 41.7 Å². The molecule has 0 amide bonds. The standard InChI is InChI=1S/C14H18FNO/c15-13-6-4-12(5-7-13)3-1-8-14(17)9-2-10-16-11-14/h1,3-7,16-17H,2,8-11H2/b3-1+. The molecule has 2 rings (SSSR count). The van der Waals surface area contributed by atoms with Crippen molar-refractivity contribution < 1.29 is 9.50 Å². The monoisotopic (exact) mass is 235 g/mol. The van der Waals surface area contributed by atoms with Crippen molar-refractivity contribution in [2.45, 2.75) is 24.9 Å². The van der Waals surface area contributed by atoms with E-state index in [-0.39, 0.29) is 5.82 Å². The summed E-state index contributed by atoms with van der Waals surface area (Å²) in [5.74, 6) is -0.225. The third kappa shape index (κ3) is 3.65. The van der Waals surface area contributed by atoms with Gasteiger partial charge in [0.25, 0.3) is 0 Å². The first-order chi connectivity index (χ1) is 8.18. The Morgan fingerprint density at radius 2 is 2.12 bits per heavy atom. The number of piperidine rings is 1. The molecule has 92 valence electrons. The minimum absolute atomic E-state index is 0.225. The van der Waals surface area contributed by atoms with Crippen LogP contribution in [0.2, 0.25) is 0 Å². The zero-order valence-electron chi connectivity index (χ0n) is 9.82. The molecule has 2 nitrogen and oxygen atoms in total. The van der Waals surface area contributed by atoms with Gasteiger partial charge < -0.3 is 10.4 Å². The fourth-order valence-electron chi connectivity index (χ4n) is 2.11. The maximum atomic E-state index is 12.7. The van der Waals surface area contributed by atoms with Gasteiger partial charge in [-0.3, -0.25) is 0 Å². The normalized spacial score (nSPS) is 25.3. The molecule has 1 heterocycles. The second-order valence-electron chi connectivity index (χ2n) is 4.66. The molecule has 1 unspecified atom stereocenters. The Kier molecular flexibility index (Phi) is 3.92. The summed E-state index contributed by atoms with van der Waals surface area (Å²) in [6, 6.07) is 6.34. The van der Waals surface area contributed by atoms with E-state index in [1.165, 1.54) is 12.1 Å². The summed E-state index contributed by atoms with van der Waals surface area (Å²) in [5.41, 5.74) is 0.341. The van der Waals surface area contributed by atoms with Crippen LogP contribution < -0.4 is 5.32 Å². The minimum atomic E-state index is -0.616. The third-order valence-electron chi connectivity index (χ3n) is 3.13. The van der Waals surface area contributed by atoms with Gasteiger partial charge in [0, 0.05) is 6.54 Å². The summed E-state index contributed by atoms with van der Waals surface area (Å²) in [6.07, 6.45) is 6.37. The van der Waals surface area contributed by atoms with E-state index in [1.54, 1.807) is 12.1 Å². The largest absolute Gasteiger partial charge is 0.388 e. The molecule has 1 aromatic rings. The fourth-order valence-corrected chi connectivity index (χ4v) is 2.11. The average molecular weight is 235 g/mol. The van der Waals surface area contributed by atoms with E-state index in [9.17, 15) is 9.50 Å². The number of rotatable bonds is 3. The van der Waals surface area contributed by atoms with Gasteiger partial charge in [-0.25, -0.2) is 4.39 Å². The van der Waals surface area contributed by atoms with E-state index in [0.29, 0.717) is 13.0 Å². The molecule has 1 fully saturated rings. The number of hydrogen-bond donors (Lipinski definition) is 2. The van der Waals surface area contributed by atoms with Crippen molar-refractivity contribution in [2.75, 3.05) is 13.1 Å². The lowest BCUT2D eigenvalue weighted by Gasteiger charge is -2.31. The van der Waals surface area contributed by atoms with Gasteiger partial charge in [-0.2, -0.15) is 0 Å². The number of nitrogens with one attached hydrogen (secondary N) is 1. The number of β-amino-alcohol motifs (C(OH)–C–C–N with tert-alkyl or cyclic N) is 1. The highest BCUT2D eigenvalue weighted by molar-refractivity contribution is 5.48. The zero-order valence-corrected chi connectivity index (χ0v) is 9.82. The Morgan fingerprint density at radius 3 is 2.76 bits per heavy atom. The average Bonchev–Trinajstić information content (AvgIpc) is 2.32. The Morgan fingerprint density at radius 1 is 1.35 bits per heavy atom. The lowest BCUT2D eigenvalue weighted by atomic mass is 9.90. The van der Waals surface area contributed by atoms with E-state index in [0.717, 1.165) is 24.9 Å². The summed E-state index contributed by atoms with van der Waals surface area (Å²) in [7, 11) is 0. The van der Waals surface area contributed by atoms with Gasteiger partial charge in [0.2, 0.25) is 0 Å². The summed E-state index contributed by atoms with van der Waals surface area (Å²) in [5, 5.41) is 13.4. The second kappa shape index (κ2) is 5.43. The topological polar surface area (TPSA) is 32.3 Å². The van der Waals surface area contributed by atoms with Crippen molar-refractivity contribution in [3.63, 3.8) is 0 Å². The number of hydrogen-bond acceptors (Lipinski definition) is 2. The van der Waals surface area contributed by atoms with Crippen LogP contribution in [0.3, 0.4) is 0 Å². The highest BCUT2D eigenvalue weighted by Crippen LogP contribution is 2.20. The molecule has 0 aliphatic carbocycles. The van der Waals surface area contributed by atoms with Crippen LogP contribution in [-0.2, 0) is 0 Å². The van der Waals surface area contributed by atoms with Gasteiger partial charge in [0.05, 0.1) is 5.60 Å². The van der Waals surface area contributed by atoms with Gasteiger partial charge in [-0.1, -0.05) is 24.3 Å². The number of benzene rings is 1. The van der Waals surface area contributed by atoms with Crippen LogP contribution >= 0.6 is 0 Å². The molecule has 0 aromatic heterocycles. The molecule has 3 heteroatoms. The molecule has 0 bridgehead atoms. The highest BCUT2D eigenvalue weighted by Gasteiger charge is 2.27. The van der Waals surface area contributed by atoms with Crippen LogP contribution in [-0.4, -0.2) is 23.8 Å². The summed E-state index contributed by atoms with van der Waals surface area (Å²) >= 11 is 0. The van der Waals surface area contributed by atoms with Crippen LogP contribution in [0.15, 0.2) is 30.3 Å². The molecule has 0 spiro atoms. The van der Waals surface area contributed by atoms with Crippen LogP contribution in [0, 0.1) is 5.82 Å². The molecule has 0 saturated carbocycles. The Hall–Kier alpha value is -1.19. The lowest BCUT2D eigenvalue weighted by molar-refractivity contribution is 0.0196. The van der Waals surface area contributed by atoms with E-state index in [1.807, 2.05) is 12.2 Å². The van der Waals surface area contributed by atoms with Gasteiger partial charge in [0.15, 0.2) is 0 Å². The van der Waals surface area contributed by atoms with Crippen molar-refractivity contribution in [1.29, 1.82) is 0 Å². The Balaban J connectivity index is 1.90. The SMILES string of the molecule is OC1(C/C=C/c2ccc(F)cc2)CCCNC1. The van der Waals surface area contributed by atoms with Crippen molar-refractivity contribution in [3.8, 4) is 0 Å². The maximum absolute atomic E-state index is 12.7. The summed E-state index contributed by atoms with van der Waals surface area (Å²) in [4.78, 5) is 0. The van der Waals surface area contributed by atoms with Gasteiger partial charge in [0.1, 0.15) is 5.82 Å². The minimum Gasteiger partial charge on any atom is -0.388 e. The van der Waals surface area contributed by atoms with Crippen LogP contribution in [0.4, 0.5) is 4.39 Å². The molecule has 1 saturated heterocycles. The van der Waals surface area contributed by atoms with Crippen LogP contribution in [0.25, 0.3) is 6.08 Å². The highest BCUT2D eigenvalue weighted by atomic mass is 19.1. The van der Waals surface area contributed by atoms with Gasteiger partial charge >= 0.3 is 0 Å². The zero-order chi connectivity index (χ0) is 12.1. The number of halogens is 1. The molecule has 1 aliphatic heterocycles. The Labute approximate surface area is 101 Å². The first kappa shape index (κ1) is 12.3. The van der Waals surface area contributed by atoms with Gasteiger partial charge in [-0.15, -0.1) is 0 Å². The predicted molar refractivity (Wildman–Crippen MR) is 67.1 cm³/mol. The van der Waals surface area contributed by atoms with Crippen LogP contribution in [0.1, 0.15) is 24.8 Å². The molecule has 2 N–H and O–H groups in total. The molecule has 1 aromatic carbocycles. The third-order valence-corrected chi connectivity index (χ3v) is 3.13. The number of aliphatic hydroxyl groups is 1. The second-order valence-corrected chi connectivity index (χ2v) is 4.66. The molecule has 1 atom stereocenters. The molecule has 1 aliphatic rings. The quantitative estimate of drug-likeness (QED) is 0.843. The lowest BCUT2D eigenvalue weighted by Crippen LogP contribution is -2.45. The first-order valence-corrected chi connectivity index (χ1v) is 6.03. The maximum Gasteiger partial charge on any atom is 0.123 e. The summed E-state index contributed by atoms with van der Waals surface area (Å²) < 4.78 is 12.7. The molecule has 0 radical (unpaired) electrons.